The Hall–Kier alpha value is -0.539. The molecule has 0 N–H and O–H groups in total. The van der Waals surface area contributed by atoms with Crippen LogP contribution in [0.3, 0.4) is 0 Å². The summed E-state index contributed by atoms with van der Waals surface area (Å²) in [5, 5.41) is 5.36. The Morgan fingerprint density at radius 2 is 1.65 bits per heavy atom. The molecule has 0 fully saturated rings. The fourth-order valence-electron chi connectivity index (χ4n) is 1.79. The Morgan fingerprint density at radius 1 is 1.13 bits per heavy atom. The van der Waals surface area contributed by atoms with Gasteiger partial charge in [-0.15, -0.1) is 6.04 Å². The predicted octanol–water partition coefficient (Wildman–Crippen LogP) is 4.37. The van der Waals surface area contributed by atoms with Crippen molar-refractivity contribution in [2.75, 3.05) is 7.05 Å². The second-order valence-electron chi connectivity index (χ2n) is 5.76. The standard InChI is InChI=1S/C9H13.C6H7Si.C5H12N.Ti/c1-6-5-7(2)9(4)8(6)3;7-6-4-2-1-3-5-6;1-4-5(2)6-3;/h5H,1-4H3;1-5H,7H2;5H,4H2,1-3H3;/q-1;;-1;+2. The molecule has 3 heteroatoms. The Kier molecular flexibility index (Phi) is 14.9. The molecule has 2 aromatic rings. The molecule has 23 heavy (non-hydrogen) atoms. The first-order valence-electron chi connectivity index (χ1n) is 7.99. The van der Waals surface area contributed by atoms with Gasteiger partial charge in [0.05, 0.1) is 0 Å². The van der Waals surface area contributed by atoms with Gasteiger partial charge in [0, 0.05) is 10.2 Å². The molecule has 0 bridgehead atoms. The molecule has 1 radical (unpaired) electrons. The van der Waals surface area contributed by atoms with Crippen LogP contribution in [0.2, 0.25) is 0 Å². The molecule has 1 atom stereocenters. The molecule has 0 heterocycles. The van der Waals surface area contributed by atoms with Crippen molar-refractivity contribution >= 4 is 15.4 Å². The maximum atomic E-state index is 4.01. The Bertz CT molecular complexity index is 493. The summed E-state index contributed by atoms with van der Waals surface area (Å²) in [4.78, 5) is 0. The number of aryl methyl sites for hydroxylation is 2. The third kappa shape index (κ3) is 10.8. The zero-order valence-corrected chi connectivity index (χ0v) is 18.9. The van der Waals surface area contributed by atoms with Gasteiger partial charge in [0.2, 0.25) is 0 Å². The summed E-state index contributed by atoms with van der Waals surface area (Å²) in [5.41, 5.74) is 5.75. The van der Waals surface area contributed by atoms with E-state index in [-0.39, 0.29) is 21.7 Å². The van der Waals surface area contributed by atoms with E-state index in [1.54, 1.807) is 0 Å². The Balaban J connectivity index is 0. The molecule has 125 valence electrons. The van der Waals surface area contributed by atoms with Gasteiger partial charge in [-0.25, -0.2) is 0 Å². The minimum atomic E-state index is 0. The van der Waals surface area contributed by atoms with Crippen LogP contribution in [-0.2, 0) is 21.7 Å². The summed E-state index contributed by atoms with van der Waals surface area (Å²) < 4.78 is 0. The molecule has 0 saturated heterocycles. The van der Waals surface area contributed by atoms with Gasteiger partial charge in [0.15, 0.2) is 0 Å². The molecule has 0 aliphatic heterocycles. The van der Waals surface area contributed by atoms with E-state index in [4.69, 9.17) is 0 Å². The fourth-order valence-corrected chi connectivity index (χ4v) is 2.07. The first kappa shape index (κ1) is 24.7. The summed E-state index contributed by atoms with van der Waals surface area (Å²) in [6.07, 6.45) is 1.16. The molecule has 2 aromatic carbocycles. The van der Waals surface area contributed by atoms with Gasteiger partial charge >= 0.3 is 21.7 Å². The Morgan fingerprint density at radius 3 is 1.78 bits per heavy atom. The molecular weight excluding hydrogens is 330 g/mol. The number of nitrogens with zero attached hydrogens (tertiary/aromatic N) is 1. The number of hydrogen-bond donors (Lipinski definition) is 0. The van der Waals surface area contributed by atoms with Crippen molar-refractivity contribution in [1.29, 1.82) is 0 Å². The van der Waals surface area contributed by atoms with Crippen LogP contribution < -0.4 is 5.19 Å². The molecule has 2 rings (SSSR count). The maximum absolute atomic E-state index is 4.01. The smallest absolute Gasteiger partial charge is 0.662 e. The van der Waals surface area contributed by atoms with Crippen molar-refractivity contribution in [3.63, 3.8) is 0 Å². The van der Waals surface area contributed by atoms with Crippen molar-refractivity contribution in [2.45, 2.75) is 54.0 Å². The number of hydrogen-bond acceptors (Lipinski definition) is 0. The van der Waals surface area contributed by atoms with Crippen molar-refractivity contribution in [2.24, 2.45) is 0 Å². The zero-order chi connectivity index (χ0) is 17.1. The first-order valence-corrected chi connectivity index (χ1v) is 8.70. The fraction of sp³-hybridized carbons (Fsp3) is 0.450. The van der Waals surface area contributed by atoms with E-state index in [2.05, 4.69) is 65.1 Å². The molecule has 0 amide bonds. The van der Waals surface area contributed by atoms with Crippen LogP contribution >= 0.6 is 0 Å². The summed E-state index contributed by atoms with van der Waals surface area (Å²) in [6.45, 7) is 12.9. The molecular formula is C20H32NSiTi. The molecule has 0 aliphatic rings. The number of benzene rings is 1. The van der Waals surface area contributed by atoms with Gasteiger partial charge in [-0.3, -0.25) is 0 Å². The summed E-state index contributed by atoms with van der Waals surface area (Å²) >= 11 is 0. The van der Waals surface area contributed by atoms with Crippen LogP contribution in [0.4, 0.5) is 0 Å². The van der Waals surface area contributed by atoms with E-state index in [9.17, 15) is 0 Å². The summed E-state index contributed by atoms with van der Waals surface area (Å²) in [5.74, 6) is 0. The van der Waals surface area contributed by atoms with E-state index in [1.807, 2.05) is 35.5 Å². The molecule has 0 spiro atoms. The quantitative estimate of drug-likeness (QED) is 0.556. The summed E-state index contributed by atoms with van der Waals surface area (Å²) in [6, 6.07) is 13.1. The minimum Gasteiger partial charge on any atom is -0.662 e. The van der Waals surface area contributed by atoms with Crippen LogP contribution in [0.25, 0.3) is 5.32 Å². The Labute approximate surface area is 162 Å². The molecule has 0 aliphatic carbocycles. The second-order valence-corrected chi connectivity index (χ2v) is 6.58. The monoisotopic (exact) mass is 362 g/mol. The predicted molar refractivity (Wildman–Crippen MR) is 105 cm³/mol. The van der Waals surface area contributed by atoms with Gasteiger partial charge in [-0.05, 0) is 0 Å². The van der Waals surface area contributed by atoms with E-state index in [1.165, 1.54) is 27.4 Å². The number of rotatable bonds is 2. The van der Waals surface area contributed by atoms with Gasteiger partial charge < -0.3 is 5.32 Å². The third-order valence-electron chi connectivity index (χ3n) is 4.05. The van der Waals surface area contributed by atoms with Crippen molar-refractivity contribution < 1.29 is 21.7 Å². The van der Waals surface area contributed by atoms with E-state index in [0.29, 0.717) is 6.04 Å². The zero-order valence-electron chi connectivity index (χ0n) is 15.9. The average Bonchev–Trinajstić information content (AvgIpc) is 2.74. The van der Waals surface area contributed by atoms with Crippen molar-refractivity contribution in [1.82, 2.24) is 0 Å². The molecule has 1 unspecified atom stereocenters. The molecule has 1 nitrogen and oxygen atoms in total. The SMILES string of the molecule is CCC(C)[N-]C.Cc1c[c-](C)c(C)c1C.[SiH2]c1ccccc1.[Ti+2]. The normalized spacial score (nSPS) is 10.4. The van der Waals surface area contributed by atoms with Crippen LogP contribution in [0.15, 0.2) is 36.4 Å². The average molecular weight is 362 g/mol. The first-order chi connectivity index (χ1) is 10.3. The van der Waals surface area contributed by atoms with Gasteiger partial charge in [0.25, 0.3) is 0 Å². The largest absolute Gasteiger partial charge is 2.00 e. The summed E-state index contributed by atoms with van der Waals surface area (Å²) in [7, 11) is 3.76. The van der Waals surface area contributed by atoms with E-state index < -0.39 is 0 Å². The van der Waals surface area contributed by atoms with Crippen LogP contribution in [0, 0.1) is 27.7 Å². The van der Waals surface area contributed by atoms with Crippen molar-refractivity contribution in [3.8, 4) is 0 Å². The van der Waals surface area contributed by atoms with Crippen molar-refractivity contribution in [3.05, 3.63) is 64.0 Å². The third-order valence-corrected chi connectivity index (χ3v) is 4.52. The van der Waals surface area contributed by atoms with E-state index in [0.717, 1.165) is 6.42 Å². The minimum absolute atomic E-state index is 0. The van der Waals surface area contributed by atoms with Crippen LogP contribution in [-0.4, -0.2) is 23.3 Å². The van der Waals surface area contributed by atoms with Gasteiger partial charge in [-0.1, -0.05) is 83.5 Å². The van der Waals surface area contributed by atoms with Gasteiger partial charge in [0.1, 0.15) is 0 Å². The topological polar surface area (TPSA) is 14.1 Å². The molecule has 0 saturated carbocycles. The second kappa shape index (κ2) is 13.9. The van der Waals surface area contributed by atoms with E-state index >= 15 is 0 Å². The van der Waals surface area contributed by atoms with Crippen LogP contribution in [0.1, 0.15) is 42.5 Å². The maximum Gasteiger partial charge on any atom is 2.00 e. The van der Waals surface area contributed by atoms with Gasteiger partial charge in [-0.2, -0.15) is 35.4 Å². The van der Waals surface area contributed by atoms with Crippen LogP contribution in [0.5, 0.6) is 0 Å². The molecule has 0 aromatic heterocycles.